The fourth-order valence-electron chi connectivity index (χ4n) is 3.58. The minimum Gasteiger partial charge on any atom is -0.338 e. The van der Waals surface area contributed by atoms with Crippen LogP contribution in [0.5, 0.6) is 0 Å². The van der Waals surface area contributed by atoms with Crippen molar-refractivity contribution in [1.82, 2.24) is 19.6 Å². The highest BCUT2D eigenvalue weighted by atomic mass is 16.1. The van der Waals surface area contributed by atoms with Crippen LogP contribution in [0.3, 0.4) is 0 Å². The number of fused-ring (bicyclic) bond motifs is 1. The molecule has 0 aliphatic rings. The number of hydrogen-bond donors (Lipinski definition) is 1. The van der Waals surface area contributed by atoms with Gasteiger partial charge in [-0.1, -0.05) is 44.2 Å². The van der Waals surface area contributed by atoms with Gasteiger partial charge in [-0.05, 0) is 24.0 Å². The van der Waals surface area contributed by atoms with Crippen molar-refractivity contribution in [3.8, 4) is 12.1 Å². The van der Waals surface area contributed by atoms with Crippen LogP contribution in [0.15, 0.2) is 52.6 Å². The number of benzene rings is 1. The quantitative estimate of drug-likeness (QED) is 0.465. The first-order chi connectivity index (χ1) is 14.9. The molecule has 0 saturated carbocycles. The van der Waals surface area contributed by atoms with Crippen molar-refractivity contribution in [3.63, 3.8) is 0 Å². The lowest BCUT2D eigenvalue weighted by Crippen LogP contribution is -2.24. The van der Waals surface area contributed by atoms with Crippen molar-refractivity contribution in [2.45, 2.75) is 39.2 Å². The monoisotopic (exact) mass is 413 g/mol. The number of hydrogen-bond acceptors (Lipinski definition) is 6. The largest absolute Gasteiger partial charge is 0.338 e. The van der Waals surface area contributed by atoms with Gasteiger partial charge in [-0.15, -0.1) is 0 Å². The second kappa shape index (κ2) is 9.10. The molecule has 2 aromatic heterocycles. The van der Waals surface area contributed by atoms with E-state index in [4.69, 9.17) is 0 Å². The van der Waals surface area contributed by atoms with Crippen LogP contribution in [0.25, 0.3) is 11.2 Å². The maximum Gasteiger partial charge on any atom is 0.278 e. The number of nitriles is 2. The topological polar surface area (TPSA) is 113 Å². The molecule has 0 bridgehead atoms. The van der Waals surface area contributed by atoms with Gasteiger partial charge in [-0.3, -0.25) is 9.80 Å². The number of rotatable bonds is 7. The number of hydrazone groups is 1. The second-order valence-corrected chi connectivity index (χ2v) is 7.43. The van der Waals surface area contributed by atoms with E-state index in [9.17, 15) is 15.3 Å². The van der Waals surface area contributed by atoms with E-state index in [0.717, 1.165) is 11.1 Å². The molecule has 0 saturated heterocycles. The van der Waals surface area contributed by atoms with E-state index in [2.05, 4.69) is 34.0 Å². The van der Waals surface area contributed by atoms with Crippen molar-refractivity contribution in [3.05, 3.63) is 75.5 Å². The number of aromatic amines is 1. The minimum absolute atomic E-state index is 0.0876. The van der Waals surface area contributed by atoms with Gasteiger partial charge in [0.2, 0.25) is 0 Å². The van der Waals surface area contributed by atoms with Crippen molar-refractivity contribution >= 4 is 17.9 Å². The lowest BCUT2D eigenvalue weighted by atomic mass is 9.98. The molecule has 3 rings (SSSR count). The zero-order valence-corrected chi connectivity index (χ0v) is 17.7. The summed E-state index contributed by atoms with van der Waals surface area (Å²) in [6.45, 7) is 9.37. The van der Waals surface area contributed by atoms with Crippen LogP contribution in [0.2, 0.25) is 0 Å². The van der Waals surface area contributed by atoms with Gasteiger partial charge in [-0.25, -0.2) is 0 Å². The molecule has 1 N–H and O–H groups in total. The maximum atomic E-state index is 13.1. The van der Waals surface area contributed by atoms with Crippen molar-refractivity contribution in [1.29, 1.82) is 10.5 Å². The fourth-order valence-corrected chi connectivity index (χ4v) is 3.58. The highest BCUT2D eigenvalue weighted by Crippen LogP contribution is 2.28. The minimum atomic E-state index is -0.332. The van der Waals surface area contributed by atoms with Crippen LogP contribution in [0.1, 0.15) is 61.5 Å². The predicted molar refractivity (Wildman–Crippen MR) is 119 cm³/mol. The normalized spacial score (nSPS) is 12.4. The van der Waals surface area contributed by atoms with Gasteiger partial charge in [0.1, 0.15) is 11.6 Å². The van der Waals surface area contributed by atoms with E-state index in [1.165, 1.54) is 10.7 Å². The average molecular weight is 413 g/mol. The third-order valence-corrected chi connectivity index (χ3v) is 5.07. The highest BCUT2D eigenvalue weighted by molar-refractivity contribution is 5.67. The summed E-state index contributed by atoms with van der Waals surface area (Å²) in [7, 11) is 0. The van der Waals surface area contributed by atoms with Crippen LogP contribution >= 0.6 is 0 Å². The first kappa shape index (κ1) is 21.5. The molecule has 8 nitrogen and oxygen atoms in total. The summed E-state index contributed by atoms with van der Waals surface area (Å²) in [6, 6.07) is 13.5. The van der Waals surface area contributed by atoms with Crippen LogP contribution in [0.4, 0.5) is 0 Å². The van der Waals surface area contributed by atoms with E-state index in [1.807, 2.05) is 51.1 Å². The number of allylic oxidation sites excluding steroid dienone is 1. The van der Waals surface area contributed by atoms with Crippen LogP contribution in [0, 0.1) is 22.7 Å². The molecule has 1 atom stereocenters. The van der Waals surface area contributed by atoms with E-state index in [-0.39, 0.29) is 29.5 Å². The lowest BCUT2D eigenvalue weighted by Gasteiger charge is -2.25. The van der Waals surface area contributed by atoms with Gasteiger partial charge in [0, 0.05) is 18.5 Å². The van der Waals surface area contributed by atoms with Crippen molar-refractivity contribution in [2.24, 2.45) is 5.10 Å². The summed E-state index contributed by atoms with van der Waals surface area (Å²) >= 11 is 0. The SMILES string of the molecule is C=NN(/C=C(\C)c1[nH]c2c(C#N)cnn2c(=O)c1C(C)C)C(CC#N)c1ccccc1. The smallest absolute Gasteiger partial charge is 0.278 e. The van der Waals surface area contributed by atoms with E-state index in [1.54, 1.807) is 11.2 Å². The van der Waals surface area contributed by atoms with Crippen LogP contribution < -0.4 is 5.56 Å². The van der Waals surface area contributed by atoms with Crippen molar-refractivity contribution < 1.29 is 0 Å². The molecular formula is C23H23N7O. The van der Waals surface area contributed by atoms with Gasteiger partial charge in [-0.2, -0.15) is 25.2 Å². The van der Waals surface area contributed by atoms with Gasteiger partial charge < -0.3 is 4.98 Å². The molecule has 1 unspecified atom stereocenters. The molecule has 0 aliphatic heterocycles. The first-order valence-electron chi connectivity index (χ1n) is 9.82. The molecule has 2 heterocycles. The Labute approximate surface area is 180 Å². The summed E-state index contributed by atoms with van der Waals surface area (Å²) in [6.07, 6.45) is 3.34. The van der Waals surface area contributed by atoms with E-state index < -0.39 is 0 Å². The zero-order chi connectivity index (χ0) is 22.5. The van der Waals surface area contributed by atoms with Gasteiger partial charge >= 0.3 is 0 Å². The molecular weight excluding hydrogens is 390 g/mol. The Hall–Kier alpha value is -4.17. The number of nitrogens with zero attached hydrogens (tertiary/aromatic N) is 6. The second-order valence-electron chi connectivity index (χ2n) is 7.43. The Balaban J connectivity index is 2.18. The Morgan fingerprint density at radius 1 is 1.35 bits per heavy atom. The fraction of sp³-hybridized carbons (Fsp3) is 0.261. The molecule has 0 radical (unpaired) electrons. The molecule has 31 heavy (non-hydrogen) atoms. The third kappa shape index (κ3) is 4.10. The van der Waals surface area contributed by atoms with E-state index >= 15 is 0 Å². The summed E-state index contributed by atoms with van der Waals surface area (Å²) in [5.74, 6) is -0.0876. The summed E-state index contributed by atoms with van der Waals surface area (Å²) < 4.78 is 1.22. The Bertz CT molecular complexity index is 1270. The molecule has 0 aliphatic carbocycles. The number of H-pyrrole nitrogens is 1. The molecule has 0 spiro atoms. The molecule has 156 valence electrons. The first-order valence-corrected chi connectivity index (χ1v) is 9.82. The average Bonchev–Trinajstić information content (AvgIpc) is 3.19. The van der Waals surface area contributed by atoms with Crippen LogP contribution in [-0.2, 0) is 0 Å². The summed E-state index contributed by atoms with van der Waals surface area (Å²) in [5, 5.41) is 28.5. The highest BCUT2D eigenvalue weighted by Gasteiger charge is 2.21. The third-order valence-electron chi connectivity index (χ3n) is 5.07. The molecule has 0 fully saturated rings. The van der Waals surface area contributed by atoms with Crippen LogP contribution in [-0.4, -0.2) is 26.3 Å². The Morgan fingerprint density at radius 2 is 2.06 bits per heavy atom. The van der Waals surface area contributed by atoms with Gasteiger partial charge in [0.05, 0.1) is 30.4 Å². The van der Waals surface area contributed by atoms with Crippen molar-refractivity contribution in [2.75, 3.05) is 0 Å². The number of nitrogens with one attached hydrogen (secondary N) is 1. The maximum absolute atomic E-state index is 13.1. The molecule has 1 aromatic carbocycles. The number of aromatic nitrogens is 3. The van der Waals surface area contributed by atoms with Gasteiger partial charge in [0.25, 0.3) is 5.56 Å². The predicted octanol–water partition coefficient (Wildman–Crippen LogP) is 3.95. The molecule has 0 amide bonds. The lowest BCUT2D eigenvalue weighted by molar-refractivity contribution is 0.300. The molecule has 8 heteroatoms. The zero-order valence-electron chi connectivity index (χ0n) is 17.7. The standard InChI is InChI=1S/C23H23N7O/c1-15(2)20-21(28-22-18(12-25)13-27-30(22)23(20)31)16(3)14-29(26-4)19(10-11-24)17-8-6-5-7-9-17/h5-9,13-15,19,28H,4,10H2,1-3H3/b16-14+. The van der Waals surface area contributed by atoms with E-state index in [0.29, 0.717) is 16.9 Å². The Morgan fingerprint density at radius 3 is 2.65 bits per heavy atom. The Kier molecular flexibility index (Phi) is 6.32. The summed E-state index contributed by atoms with van der Waals surface area (Å²) in [4.78, 5) is 16.3. The van der Waals surface area contributed by atoms with Gasteiger partial charge in [0.15, 0.2) is 5.65 Å². The summed E-state index contributed by atoms with van der Waals surface area (Å²) in [5.41, 5.74) is 3.15. The molecule has 3 aromatic rings.